The number of nitrogens with one attached hydrogen (secondary N) is 1. The monoisotopic (exact) mass is 399 g/mol. The first-order chi connectivity index (χ1) is 13.2. The highest BCUT2D eigenvalue weighted by Gasteiger charge is 2.37. The van der Waals surface area contributed by atoms with E-state index >= 15 is 0 Å². The Bertz CT molecular complexity index is 980. The Hall–Kier alpha value is -2.20. The van der Waals surface area contributed by atoms with Crippen LogP contribution in [0.5, 0.6) is 0 Å². The number of H-pyrrole nitrogens is 1. The van der Waals surface area contributed by atoms with Gasteiger partial charge < -0.3 is 14.7 Å². The molecule has 1 aliphatic rings. The van der Waals surface area contributed by atoms with Gasteiger partial charge in [-0.2, -0.15) is 13.2 Å². The number of likely N-dealkylation sites (tertiary alicyclic amines) is 1. The van der Waals surface area contributed by atoms with E-state index in [1.807, 2.05) is 6.07 Å². The number of alkyl halides is 4. The van der Waals surface area contributed by atoms with Crippen molar-refractivity contribution in [1.82, 2.24) is 24.4 Å². The van der Waals surface area contributed by atoms with Crippen LogP contribution >= 0.6 is 0 Å². The summed E-state index contributed by atoms with van der Waals surface area (Å²) in [6, 6.07) is 1.18. The van der Waals surface area contributed by atoms with Crippen molar-refractivity contribution in [3.05, 3.63) is 24.3 Å². The second kappa shape index (κ2) is 7.00. The molecule has 1 fully saturated rings. The first-order valence-corrected chi connectivity index (χ1v) is 9.20. The van der Waals surface area contributed by atoms with Gasteiger partial charge in [-0.1, -0.05) is 0 Å². The fraction of sp³-hybridized carbons (Fsp3) is 0.556. The molecule has 0 bridgehead atoms. The summed E-state index contributed by atoms with van der Waals surface area (Å²) in [5, 5.41) is 11.0. The smallest absolute Gasteiger partial charge is 0.385 e. The van der Waals surface area contributed by atoms with Gasteiger partial charge in [0.1, 0.15) is 29.3 Å². The maximum Gasteiger partial charge on any atom is 0.389 e. The van der Waals surface area contributed by atoms with Crippen LogP contribution in [0.15, 0.2) is 18.5 Å². The van der Waals surface area contributed by atoms with Gasteiger partial charge in [-0.05, 0) is 26.0 Å². The van der Waals surface area contributed by atoms with Gasteiger partial charge in [-0.15, -0.1) is 0 Å². The van der Waals surface area contributed by atoms with Crippen LogP contribution in [0.2, 0.25) is 0 Å². The minimum atomic E-state index is -4.21. The van der Waals surface area contributed by atoms with Crippen LogP contribution in [0.1, 0.15) is 37.7 Å². The van der Waals surface area contributed by atoms with Gasteiger partial charge in [0, 0.05) is 31.1 Å². The number of pyridine rings is 1. The quantitative estimate of drug-likeness (QED) is 0.645. The molecule has 10 heteroatoms. The summed E-state index contributed by atoms with van der Waals surface area (Å²) in [6.07, 6.45) is -4.06. The number of hydrogen-bond acceptors (Lipinski definition) is 4. The summed E-state index contributed by atoms with van der Waals surface area (Å²) < 4.78 is 53.8. The highest BCUT2D eigenvalue weighted by Crippen LogP contribution is 2.35. The number of hydrogen-bond donors (Lipinski definition) is 2. The molecule has 3 atom stereocenters. The van der Waals surface area contributed by atoms with E-state index in [-0.39, 0.29) is 26.1 Å². The SMILES string of the molecule is C[C@@H](O)c1nc2cnc3[nH]ccc3c2n1[C@@H]1CN(CCCC(F)(F)F)C[C@H]1F. The molecule has 0 amide bonds. The Balaban J connectivity index is 1.68. The largest absolute Gasteiger partial charge is 0.389 e. The molecule has 0 spiro atoms. The van der Waals surface area contributed by atoms with Gasteiger partial charge in [-0.3, -0.25) is 4.90 Å². The average molecular weight is 399 g/mol. The zero-order valence-corrected chi connectivity index (χ0v) is 15.2. The van der Waals surface area contributed by atoms with E-state index in [0.717, 1.165) is 5.39 Å². The average Bonchev–Trinajstić information content (AvgIpc) is 3.28. The Labute approximate surface area is 158 Å². The zero-order chi connectivity index (χ0) is 20.1. The molecular formula is C18H21F4N5O. The molecule has 1 saturated heterocycles. The van der Waals surface area contributed by atoms with Gasteiger partial charge in [0.15, 0.2) is 0 Å². The van der Waals surface area contributed by atoms with E-state index in [2.05, 4.69) is 15.0 Å². The Morgan fingerprint density at radius 1 is 1.36 bits per heavy atom. The maximum atomic E-state index is 14.9. The summed E-state index contributed by atoms with van der Waals surface area (Å²) >= 11 is 0. The van der Waals surface area contributed by atoms with Crippen molar-refractivity contribution < 1.29 is 22.7 Å². The molecule has 4 rings (SSSR count). The number of aliphatic hydroxyl groups excluding tert-OH is 1. The fourth-order valence-corrected chi connectivity index (χ4v) is 3.99. The van der Waals surface area contributed by atoms with Crippen molar-refractivity contribution in [2.75, 3.05) is 19.6 Å². The molecule has 3 aromatic heterocycles. The van der Waals surface area contributed by atoms with Crippen LogP contribution in [0.4, 0.5) is 17.6 Å². The summed E-state index contributed by atoms with van der Waals surface area (Å²) in [7, 11) is 0. The van der Waals surface area contributed by atoms with E-state index in [9.17, 15) is 22.7 Å². The van der Waals surface area contributed by atoms with Crippen LogP contribution in [0, 0.1) is 0 Å². The first kappa shape index (κ1) is 19.1. The van der Waals surface area contributed by atoms with Crippen molar-refractivity contribution in [1.29, 1.82) is 0 Å². The lowest BCUT2D eigenvalue weighted by molar-refractivity contribution is -0.136. The third-order valence-electron chi connectivity index (χ3n) is 5.20. The number of aliphatic hydroxyl groups is 1. The number of rotatable bonds is 5. The van der Waals surface area contributed by atoms with Crippen LogP contribution in [-0.4, -0.2) is 61.5 Å². The Kier molecular flexibility index (Phi) is 4.78. The molecule has 152 valence electrons. The van der Waals surface area contributed by atoms with Crippen LogP contribution in [-0.2, 0) is 0 Å². The van der Waals surface area contributed by atoms with Crippen molar-refractivity contribution in [3.63, 3.8) is 0 Å². The van der Waals surface area contributed by atoms with Crippen LogP contribution in [0.3, 0.4) is 0 Å². The molecule has 4 heterocycles. The molecule has 0 radical (unpaired) electrons. The summed E-state index contributed by atoms with van der Waals surface area (Å²) in [6.45, 7) is 2.05. The molecule has 28 heavy (non-hydrogen) atoms. The lowest BCUT2D eigenvalue weighted by Gasteiger charge is -2.20. The molecule has 0 aliphatic carbocycles. The van der Waals surface area contributed by atoms with E-state index in [1.165, 1.54) is 0 Å². The van der Waals surface area contributed by atoms with Crippen molar-refractivity contribution in [2.45, 2.75) is 44.3 Å². The third-order valence-corrected chi connectivity index (χ3v) is 5.20. The molecule has 3 aromatic rings. The van der Waals surface area contributed by atoms with Crippen LogP contribution in [0.25, 0.3) is 22.1 Å². The lowest BCUT2D eigenvalue weighted by Crippen LogP contribution is -2.24. The summed E-state index contributed by atoms with van der Waals surface area (Å²) in [4.78, 5) is 13.4. The van der Waals surface area contributed by atoms with E-state index in [1.54, 1.807) is 28.8 Å². The molecule has 2 N–H and O–H groups in total. The van der Waals surface area contributed by atoms with E-state index in [0.29, 0.717) is 22.5 Å². The van der Waals surface area contributed by atoms with E-state index in [4.69, 9.17) is 0 Å². The second-order valence-corrected chi connectivity index (χ2v) is 7.31. The number of nitrogens with zero attached hydrogens (tertiary/aromatic N) is 4. The van der Waals surface area contributed by atoms with Crippen LogP contribution < -0.4 is 0 Å². The molecule has 1 aliphatic heterocycles. The minimum Gasteiger partial charge on any atom is -0.385 e. The fourth-order valence-electron chi connectivity index (χ4n) is 3.99. The predicted octanol–water partition coefficient (Wildman–Crippen LogP) is 3.50. The van der Waals surface area contributed by atoms with Crippen molar-refractivity contribution >= 4 is 22.1 Å². The summed E-state index contributed by atoms with van der Waals surface area (Å²) in [5.41, 5.74) is 1.85. The van der Waals surface area contributed by atoms with Gasteiger partial charge >= 0.3 is 6.18 Å². The minimum absolute atomic E-state index is 0.0583. The molecule has 0 aromatic carbocycles. The molecule has 6 nitrogen and oxygen atoms in total. The van der Waals surface area contributed by atoms with Gasteiger partial charge in [0.05, 0.1) is 17.8 Å². The number of aromatic amines is 1. The van der Waals surface area contributed by atoms with Gasteiger partial charge in [-0.25, -0.2) is 14.4 Å². The third kappa shape index (κ3) is 3.46. The van der Waals surface area contributed by atoms with Gasteiger partial charge in [0.25, 0.3) is 0 Å². The predicted molar refractivity (Wildman–Crippen MR) is 95.7 cm³/mol. The molecule has 0 unspecified atom stereocenters. The Morgan fingerprint density at radius 2 is 2.14 bits per heavy atom. The lowest BCUT2D eigenvalue weighted by atomic mass is 10.2. The first-order valence-electron chi connectivity index (χ1n) is 9.20. The standard InChI is InChI=1S/C18H21F4N5O/c1-10(28)17-25-13-7-24-16-11(3-5-23-16)15(13)27(17)14-9-26(8-12(14)19)6-2-4-18(20,21)22/h3,5,7,10,12,14,28H,2,4,6,8-9H2,1H3,(H,23,24)/t10-,12-,14-/m1/s1. The Morgan fingerprint density at radius 3 is 2.86 bits per heavy atom. The zero-order valence-electron chi connectivity index (χ0n) is 15.2. The number of fused-ring (bicyclic) bond motifs is 3. The maximum absolute atomic E-state index is 14.9. The number of aromatic nitrogens is 4. The molecule has 0 saturated carbocycles. The second-order valence-electron chi connectivity index (χ2n) is 7.31. The van der Waals surface area contributed by atoms with Gasteiger partial charge in [0.2, 0.25) is 0 Å². The normalized spacial score (nSPS) is 22.5. The molecular weight excluding hydrogens is 378 g/mol. The highest BCUT2D eigenvalue weighted by atomic mass is 19.4. The van der Waals surface area contributed by atoms with Crippen molar-refractivity contribution in [2.24, 2.45) is 0 Å². The topological polar surface area (TPSA) is 70.0 Å². The number of halogens is 4. The van der Waals surface area contributed by atoms with E-state index < -0.39 is 30.9 Å². The number of imidazole rings is 1. The summed E-state index contributed by atoms with van der Waals surface area (Å²) in [5.74, 6) is 0.329. The van der Waals surface area contributed by atoms with Crippen molar-refractivity contribution in [3.8, 4) is 0 Å². The highest BCUT2D eigenvalue weighted by molar-refractivity contribution is 6.01.